The monoisotopic (exact) mass is 430 g/mol. The summed E-state index contributed by atoms with van der Waals surface area (Å²) in [7, 11) is 3.29. The fourth-order valence-corrected chi connectivity index (χ4v) is 3.95. The Hall–Kier alpha value is -3.51. The fourth-order valence-electron chi connectivity index (χ4n) is 3.19. The number of carbonyl (C=O) groups is 1. The van der Waals surface area contributed by atoms with Gasteiger partial charge in [0.05, 0.1) is 31.4 Å². The second-order valence-corrected chi connectivity index (χ2v) is 7.76. The molecule has 0 aliphatic heterocycles. The highest BCUT2D eigenvalue weighted by molar-refractivity contribution is 7.99. The molecule has 156 valence electrons. The molecule has 0 aliphatic carbocycles. The lowest BCUT2D eigenvalue weighted by molar-refractivity contribution is 0.102. The van der Waals surface area contributed by atoms with Crippen molar-refractivity contribution < 1.29 is 14.3 Å². The molecule has 4 aromatic rings. The van der Waals surface area contributed by atoms with Gasteiger partial charge in [-0.05, 0) is 48.5 Å². The van der Waals surface area contributed by atoms with E-state index in [1.807, 2.05) is 78.9 Å². The van der Waals surface area contributed by atoms with Crippen LogP contribution in [0.5, 0.6) is 11.5 Å². The lowest BCUT2D eigenvalue weighted by Gasteiger charge is -2.06. The smallest absolute Gasteiger partial charge is 0.173 e. The van der Waals surface area contributed by atoms with Gasteiger partial charge in [0.1, 0.15) is 11.5 Å². The van der Waals surface area contributed by atoms with E-state index in [0.717, 1.165) is 34.0 Å². The number of aromatic amines is 1. The SMILES string of the molecule is COc1ccc(-c2nc(SCC(=O)c3ccccc3)[nH]c2-c2ccc(OC)cc2)cc1. The van der Waals surface area contributed by atoms with Gasteiger partial charge in [0.15, 0.2) is 10.9 Å². The van der Waals surface area contributed by atoms with E-state index in [-0.39, 0.29) is 5.78 Å². The van der Waals surface area contributed by atoms with Crippen LogP contribution in [0.1, 0.15) is 10.4 Å². The molecule has 0 saturated heterocycles. The van der Waals surface area contributed by atoms with E-state index >= 15 is 0 Å². The molecule has 0 bridgehead atoms. The topological polar surface area (TPSA) is 64.2 Å². The van der Waals surface area contributed by atoms with E-state index in [9.17, 15) is 4.79 Å². The summed E-state index contributed by atoms with van der Waals surface area (Å²) in [5.74, 6) is 1.95. The van der Waals surface area contributed by atoms with Crippen molar-refractivity contribution in [3.05, 3.63) is 84.4 Å². The first kappa shape index (κ1) is 20.8. The third-order valence-corrected chi connectivity index (χ3v) is 5.73. The number of nitrogens with zero attached hydrogens (tertiary/aromatic N) is 1. The average Bonchev–Trinajstić information content (AvgIpc) is 3.27. The van der Waals surface area contributed by atoms with Gasteiger partial charge in [0.2, 0.25) is 0 Å². The van der Waals surface area contributed by atoms with Crippen molar-refractivity contribution in [2.24, 2.45) is 0 Å². The summed E-state index contributed by atoms with van der Waals surface area (Å²) >= 11 is 1.40. The quantitative estimate of drug-likeness (QED) is 0.285. The number of H-pyrrole nitrogens is 1. The average molecular weight is 431 g/mol. The fraction of sp³-hybridized carbons (Fsp3) is 0.120. The van der Waals surface area contributed by atoms with Gasteiger partial charge in [-0.15, -0.1) is 0 Å². The van der Waals surface area contributed by atoms with Crippen LogP contribution in [0.25, 0.3) is 22.5 Å². The number of ether oxygens (including phenoxy) is 2. The van der Waals surface area contributed by atoms with Crippen LogP contribution in [0.15, 0.2) is 84.0 Å². The maximum Gasteiger partial charge on any atom is 0.173 e. The summed E-state index contributed by atoms with van der Waals surface area (Å²) in [6, 6.07) is 24.9. The zero-order chi connectivity index (χ0) is 21.6. The molecule has 1 aromatic heterocycles. The van der Waals surface area contributed by atoms with Crippen molar-refractivity contribution in [2.75, 3.05) is 20.0 Å². The molecule has 6 heteroatoms. The van der Waals surface area contributed by atoms with Gasteiger partial charge in [0, 0.05) is 16.7 Å². The molecule has 0 radical (unpaired) electrons. The molecule has 4 rings (SSSR count). The maximum atomic E-state index is 12.5. The normalized spacial score (nSPS) is 10.6. The molecule has 0 unspecified atom stereocenters. The Morgan fingerprint density at radius 2 is 1.42 bits per heavy atom. The first-order valence-electron chi connectivity index (χ1n) is 9.78. The van der Waals surface area contributed by atoms with E-state index in [2.05, 4.69) is 4.98 Å². The maximum absolute atomic E-state index is 12.5. The van der Waals surface area contributed by atoms with Crippen molar-refractivity contribution in [2.45, 2.75) is 5.16 Å². The number of imidazole rings is 1. The number of thioether (sulfide) groups is 1. The van der Waals surface area contributed by atoms with Crippen molar-refractivity contribution in [3.8, 4) is 34.0 Å². The number of carbonyl (C=O) groups excluding carboxylic acids is 1. The summed E-state index contributed by atoms with van der Waals surface area (Å²) in [6.45, 7) is 0. The minimum atomic E-state index is 0.0685. The minimum Gasteiger partial charge on any atom is -0.497 e. The van der Waals surface area contributed by atoms with Crippen LogP contribution < -0.4 is 9.47 Å². The predicted molar refractivity (Wildman–Crippen MR) is 124 cm³/mol. The van der Waals surface area contributed by atoms with Crippen molar-refractivity contribution in [1.82, 2.24) is 9.97 Å². The van der Waals surface area contributed by atoms with Gasteiger partial charge in [0.25, 0.3) is 0 Å². The summed E-state index contributed by atoms with van der Waals surface area (Å²) in [5, 5.41) is 0.695. The summed E-state index contributed by atoms with van der Waals surface area (Å²) in [6.07, 6.45) is 0. The van der Waals surface area contributed by atoms with E-state index in [1.54, 1.807) is 14.2 Å². The summed E-state index contributed by atoms with van der Waals surface area (Å²) in [4.78, 5) is 20.7. The number of aromatic nitrogens is 2. The van der Waals surface area contributed by atoms with Crippen LogP contribution in [0.3, 0.4) is 0 Å². The van der Waals surface area contributed by atoms with E-state index < -0.39 is 0 Å². The minimum absolute atomic E-state index is 0.0685. The summed E-state index contributed by atoms with van der Waals surface area (Å²) < 4.78 is 10.6. The third kappa shape index (κ3) is 4.81. The molecule has 1 N–H and O–H groups in total. The lowest BCUT2D eigenvalue weighted by atomic mass is 10.0. The van der Waals surface area contributed by atoms with Crippen LogP contribution in [0.2, 0.25) is 0 Å². The number of hydrogen-bond donors (Lipinski definition) is 1. The van der Waals surface area contributed by atoms with Gasteiger partial charge >= 0.3 is 0 Å². The Balaban J connectivity index is 1.64. The third-order valence-electron chi connectivity index (χ3n) is 4.86. The standard InChI is InChI=1S/C25H22N2O3S/c1-29-20-12-8-18(9-13-20)23-24(19-10-14-21(30-2)15-11-19)27-25(26-23)31-16-22(28)17-6-4-3-5-7-17/h3-15H,16H2,1-2H3,(H,26,27). The molecule has 1 heterocycles. The number of Topliss-reactive ketones (excluding diaryl/α,β-unsaturated/α-hetero) is 1. The molecular formula is C25H22N2O3S. The number of ketones is 1. The lowest BCUT2D eigenvalue weighted by Crippen LogP contribution is -2.01. The van der Waals surface area contributed by atoms with Gasteiger partial charge in [-0.1, -0.05) is 42.1 Å². The Morgan fingerprint density at radius 3 is 2.00 bits per heavy atom. The van der Waals surface area contributed by atoms with Crippen molar-refractivity contribution in [1.29, 1.82) is 0 Å². The first-order valence-corrected chi connectivity index (χ1v) is 10.8. The van der Waals surface area contributed by atoms with E-state index in [0.29, 0.717) is 16.5 Å². The van der Waals surface area contributed by atoms with Gasteiger partial charge in [-0.25, -0.2) is 4.98 Å². The van der Waals surface area contributed by atoms with Gasteiger partial charge in [-0.2, -0.15) is 0 Å². The van der Waals surface area contributed by atoms with E-state index in [4.69, 9.17) is 14.5 Å². The zero-order valence-electron chi connectivity index (χ0n) is 17.3. The zero-order valence-corrected chi connectivity index (χ0v) is 18.1. The number of nitrogens with one attached hydrogen (secondary N) is 1. The highest BCUT2D eigenvalue weighted by Crippen LogP contribution is 2.34. The first-order chi connectivity index (χ1) is 15.2. The Labute approximate surface area is 185 Å². The summed E-state index contributed by atoms with van der Waals surface area (Å²) in [5.41, 5.74) is 4.36. The van der Waals surface area contributed by atoms with Gasteiger partial charge in [-0.3, -0.25) is 4.79 Å². The number of hydrogen-bond acceptors (Lipinski definition) is 5. The van der Waals surface area contributed by atoms with Crippen LogP contribution in [0, 0.1) is 0 Å². The highest BCUT2D eigenvalue weighted by atomic mass is 32.2. The van der Waals surface area contributed by atoms with Gasteiger partial charge < -0.3 is 14.5 Å². The van der Waals surface area contributed by atoms with Crippen molar-refractivity contribution in [3.63, 3.8) is 0 Å². The molecule has 0 spiro atoms. The molecule has 0 aliphatic rings. The highest BCUT2D eigenvalue weighted by Gasteiger charge is 2.16. The molecule has 31 heavy (non-hydrogen) atoms. The second kappa shape index (κ2) is 9.53. The molecule has 0 atom stereocenters. The molecule has 0 fully saturated rings. The molecule has 5 nitrogen and oxygen atoms in total. The molecule has 0 amide bonds. The molecular weight excluding hydrogens is 408 g/mol. The molecule has 3 aromatic carbocycles. The van der Waals surface area contributed by atoms with Crippen LogP contribution in [-0.2, 0) is 0 Å². The van der Waals surface area contributed by atoms with E-state index in [1.165, 1.54) is 11.8 Å². The van der Waals surface area contributed by atoms with Crippen LogP contribution in [-0.4, -0.2) is 35.7 Å². The Bertz CT molecular complexity index is 1090. The second-order valence-electron chi connectivity index (χ2n) is 6.80. The Kier molecular flexibility index (Phi) is 6.38. The molecule has 0 saturated carbocycles. The Morgan fingerprint density at radius 1 is 0.839 bits per heavy atom. The van der Waals surface area contributed by atoms with Crippen molar-refractivity contribution >= 4 is 17.5 Å². The predicted octanol–water partition coefficient (Wildman–Crippen LogP) is 5.74. The number of methoxy groups -OCH3 is 2. The van der Waals surface area contributed by atoms with Crippen LogP contribution in [0.4, 0.5) is 0 Å². The largest absolute Gasteiger partial charge is 0.497 e. The number of benzene rings is 3. The number of rotatable bonds is 8. The van der Waals surface area contributed by atoms with Crippen LogP contribution >= 0.6 is 11.8 Å².